The molecule has 0 radical (unpaired) electrons. The fourth-order valence-corrected chi connectivity index (χ4v) is 3.39. The zero-order valence-electron chi connectivity index (χ0n) is 16.8. The van der Waals surface area contributed by atoms with Gasteiger partial charge in [0.2, 0.25) is 0 Å². The van der Waals surface area contributed by atoms with Crippen LogP contribution < -0.4 is 10.1 Å². The van der Waals surface area contributed by atoms with Crippen molar-refractivity contribution in [1.82, 2.24) is 15.1 Å². The lowest BCUT2D eigenvalue weighted by molar-refractivity contribution is 0.0948. The molecule has 0 fully saturated rings. The second kappa shape index (κ2) is 9.09. The number of hydrogen-bond donors (Lipinski definition) is 1. The van der Waals surface area contributed by atoms with E-state index in [1.165, 1.54) is 5.56 Å². The van der Waals surface area contributed by atoms with Crippen molar-refractivity contribution in [3.8, 4) is 17.0 Å². The minimum Gasteiger partial charge on any atom is -0.496 e. The van der Waals surface area contributed by atoms with Crippen LogP contribution in [0.15, 0.2) is 91.1 Å². The Labute approximate surface area is 175 Å². The van der Waals surface area contributed by atoms with E-state index in [0.717, 1.165) is 16.8 Å². The predicted molar refractivity (Wildman–Crippen MR) is 117 cm³/mol. The topological polar surface area (TPSA) is 56.1 Å². The predicted octanol–water partition coefficient (Wildman–Crippen LogP) is 4.54. The van der Waals surface area contributed by atoms with Gasteiger partial charge in [0.15, 0.2) is 0 Å². The summed E-state index contributed by atoms with van der Waals surface area (Å²) in [5.41, 5.74) is 4.53. The second-order valence-corrected chi connectivity index (χ2v) is 6.94. The number of ether oxygens (including phenoxy) is 1. The van der Waals surface area contributed by atoms with Crippen LogP contribution in [0.5, 0.6) is 5.75 Å². The SMILES string of the molecule is COc1ccccc1C(=O)NCc1cn(Cc2ccccc2)nc1-c1ccccc1. The van der Waals surface area contributed by atoms with Gasteiger partial charge in [-0.2, -0.15) is 5.10 Å². The van der Waals surface area contributed by atoms with E-state index in [2.05, 4.69) is 17.4 Å². The molecule has 30 heavy (non-hydrogen) atoms. The molecule has 3 aromatic carbocycles. The number of carbonyl (C=O) groups is 1. The van der Waals surface area contributed by atoms with Crippen molar-refractivity contribution >= 4 is 5.91 Å². The van der Waals surface area contributed by atoms with E-state index >= 15 is 0 Å². The monoisotopic (exact) mass is 397 g/mol. The molecule has 0 aliphatic heterocycles. The largest absolute Gasteiger partial charge is 0.496 e. The maximum Gasteiger partial charge on any atom is 0.255 e. The fraction of sp³-hybridized carbons (Fsp3) is 0.120. The first-order valence-corrected chi connectivity index (χ1v) is 9.81. The smallest absolute Gasteiger partial charge is 0.255 e. The van der Waals surface area contributed by atoms with Gasteiger partial charge in [0, 0.05) is 23.9 Å². The Hall–Kier alpha value is -3.86. The number of benzene rings is 3. The molecule has 0 aliphatic rings. The standard InChI is InChI=1S/C25H23N3O2/c1-30-23-15-9-8-14-22(23)25(29)26-16-21-18-28(17-19-10-4-2-5-11-19)27-24(21)20-12-6-3-7-13-20/h2-15,18H,16-17H2,1H3,(H,26,29). The maximum absolute atomic E-state index is 12.7. The molecular formula is C25H23N3O2. The molecule has 0 saturated carbocycles. The van der Waals surface area contributed by atoms with Crippen molar-refractivity contribution in [2.75, 3.05) is 7.11 Å². The van der Waals surface area contributed by atoms with Crippen LogP contribution in [-0.2, 0) is 13.1 Å². The molecule has 0 atom stereocenters. The van der Waals surface area contributed by atoms with Gasteiger partial charge in [0.25, 0.3) is 5.91 Å². The van der Waals surface area contributed by atoms with Gasteiger partial charge in [-0.15, -0.1) is 0 Å². The number of nitrogens with one attached hydrogen (secondary N) is 1. The number of methoxy groups -OCH3 is 1. The van der Waals surface area contributed by atoms with Gasteiger partial charge in [0.05, 0.1) is 24.9 Å². The lowest BCUT2D eigenvalue weighted by Crippen LogP contribution is -2.23. The summed E-state index contributed by atoms with van der Waals surface area (Å²) in [6.07, 6.45) is 2.00. The van der Waals surface area contributed by atoms with Crippen LogP contribution in [0.3, 0.4) is 0 Å². The number of nitrogens with zero attached hydrogens (tertiary/aromatic N) is 2. The Balaban J connectivity index is 1.58. The highest BCUT2D eigenvalue weighted by Crippen LogP contribution is 2.23. The minimum atomic E-state index is -0.178. The minimum absolute atomic E-state index is 0.178. The summed E-state index contributed by atoms with van der Waals surface area (Å²) in [5, 5.41) is 7.81. The van der Waals surface area contributed by atoms with Gasteiger partial charge in [-0.05, 0) is 17.7 Å². The number of rotatable bonds is 7. The summed E-state index contributed by atoms with van der Waals surface area (Å²) in [7, 11) is 1.56. The lowest BCUT2D eigenvalue weighted by Gasteiger charge is -2.09. The Morgan fingerprint density at radius 1 is 0.933 bits per heavy atom. The zero-order chi connectivity index (χ0) is 20.8. The van der Waals surface area contributed by atoms with E-state index in [1.54, 1.807) is 19.2 Å². The number of aromatic nitrogens is 2. The van der Waals surface area contributed by atoms with Gasteiger partial charge < -0.3 is 10.1 Å². The van der Waals surface area contributed by atoms with Gasteiger partial charge in [0.1, 0.15) is 5.75 Å². The molecule has 4 rings (SSSR count). The van der Waals surface area contributed by atoms with Crippen LogP contribution in [0, 0.1) is 0 Å². The summed E-state index contributed by atoms with van der Waals surface area (Å²) in [6, 6.07) is 27.4. The third kappa shape index (κ3) is 4.41. The normalized spacial score (nSPS) is 10.6. The van der Waals surface area contributed by atoms with Crippen molar-refractivity contribution in [2.45, 2.75) is 13.1 Å². The average Bonchev–Trinajstić information content (AvgIpc) is 3.21. The van der Waals surface area contributed by atoms with E-state index in [1.807, 2.05) is 71.5 Å². The second-order valence-electron chi connectivity index (χ2n) is 6.94. The van der Waals surface area contributed by atoms with Crippen LogP contribution in [0.2, 0.25) is 0 Å². The van der Waals surface area contributed by atoms with E-state index in [-0.39, 0.29) is 5.91 Å². The molecular weight excluding hydrogens is 374 g/mol. The maximum atomic E-state index is 12.7. The first kappa shape index (κ1) is 19.5. The Kier molecular flexibility index (Phi) is 5.90. The van der Waals surface area contributed by atoms with Crippen molar-refractivity contribution in [3.05, 3.63) is 108 Å². The van der Waals surface area contributed by atoms with Gasteiger partial charge in [-0.1, -0.05) is 72.8 Å². The Morgan fingerprint density at radius 2 is 1.60 bits per heavy atom. The summed E-state index contributed by atoms with van der Waals surface area (Å²) in [4.78, 5) is 12.7. The van der Waals surface area contributed by atoms with Crippen LogP contribution >= 0.6 is 0 Å². The first-order chi connectivity index (χ1) is 14.7. The number of para-hydroxylation sites is 1. The fourth-order valence-electron chi connectivity index (χ4n) is 3.39. The summed E-state index contributed by atoms with van der Waals surface area (Å²) in [6.45, 7) is 1.04. The molecule has 5 nitrogen and oxygen atoms in total. The zero-order valence-corrected chi connectivity index (χ0v) is 16.8. The quantitative estimate of drug-likeness (QED) is 0.498. The molecule has 1 amide bonds. The first-order valence-electron chi connectivity index (χ1n) is 9.81. The van der Waals surface area contributed by atoms with Gasteiger partial charge in [-0.25, -0.2) is 0 Å². The Bertz CT molecular complexity index is 1120. The van der Waals surface area contributed by atoms with Crippen LogP contribution in [0.4, 0.5) is 0 Å². The number of hydrogen-bond acceptors (Lipinski definition) is 3. The molecule has 0 aliphatic carbocycles. The van der Waals surface area contributed by atoms with E-state index < -0.39 is 0 Å². The molecule has 0 bridgehead atoms. The molecule has 1 aromatic heterocycles. The van der Waals surface area contributed by atoms with Gasteiger partial charge in [-0.3, -0.25) is 9.48 Å². The van der Waals surface area contributed by atoms with E-state index in [9.17, 15) is 4.79 Å². The highest BCUT2D eigenvalue weighted by atomic mass is 16.5. The van der Waals surface area contributed by atoms with Crippen LogP contribution in [0.25, 0.3) is 11.3 Å². The molecule has 0 spiro atoms. The number of carbonyl (C=O) groups excluding carboxylic acids is 1. The molecule has 0 saturated heterocycles. The molecule has 150 valence electrons. The van der Waals surface area contributed by atoms with Crippen molar-refractivity contribution < 1.29 is 9.53 Å². The molecule has 1 heterocycles. The van der Waals surface area contributed by atoms with E-state index in [4.69, 9.17) is 9.84 Å². The highest BCUT2D eigenvalue weighted by molar-refractivity contribution is 5.96. The van der Waals surface area contributed by atoms with Crippen LogP contribution in [-0.4, -0.2) is 22.8 Å². The summed E-state index contributed by atoms with van der Waals surface area (Å²) >= 11 is 0. The van der Waals surface area contributed by atoms with Crippen LogP contribution in [0.1, 0.15) is 21.5 Å². The molecule has 1 N–H and O–H groups in total. The number of amides is 1. The lowest BCUT2D eigenvalue weighted by atomic mass is 10.1. The highest BCUT2D eigenvalue weighted by Gasteiger charge is 2.15. The summed E-state index contributed by atoms with van der Waals surface area (Å²) in [5.74, 6) is 0.375. The average molecular weight is 397 g/mol. The van der Waals surface area contributed by atoms with Crippen molar-refractivity contribution in [2.24, 2.45) is 0 Å². The van der Waals surface area contributed by atoms with E-state index in [0.29, 0.717) is 24.4 Å². The third-order valence-corrected chi connectivity index (χ3v) is 4.86. The van der Waals surface area contributed by atoms with Crippen molar-refractivity contribution in [3.63, 3.8) is 0 Å². The third-order valence-electron chi connectivity index (χ3n) is 4.86. The molecule has 4 aromatic rings. The molecule has 5 heteroatoms. The van der Waals surface area contributed by atoms with Crippen molar-refractivity contribution in [1.29, 1.82) is 0 Å². The Morgan fingerprint density at radius 3 is 2.33 bits per heavy atom. The summed E-state index contributed by atoms with van der Waals surface area (Å²) < 4.78 is 7.22. The van der Waals surface area contributed by atoms with Gasteiger partial charge >= 0.3 is 0 Å². The molecule has 0 unspecified atom stereocenters.